The number of aryl methyl sites for hydroxylation is 1. The second-order valence-corrected chi connectivity index (χ2v) is 7.93. The number of para-hydroxylation sites is 2. The maximum absolute atomic E-state index is 5.80. The summed E-state index contributed by atoms with van der Waals surface area (Å²) >= 11 is 1.72. The highest BCUT2D eigenvalue weighted by Crippen LogP contribution is 2.29. The van der Waals surface area contributed by atoms with Gasteiger partial charge >= 0.3 is 0 Å². The number of ether oxygens (including phenoxy) is 2. The van der Waals surface area contributed by atoms with Crippen molar-refractivity contribution in [3.8, 4) is 11.4 Å². The molecule has 2 heterocycles. The van der Waals surface area contributed by atoms with Crippen LogP contribution in [0.2, 0.25) is 0 Å². The van der Waals surface area contributed by atoms with Crippen molar-refractivity contribution in [3.63, 3.8) is 0 Å². The van der Waals surface area contributed by atoms with E-state index in [9.17, 15) is 0 Å². The summed E-state index contributed by atoms with van der Waals surface area (Å²) < 4.78 is 13.5. The van der Waals surface area contributed by atoms with E-state index < -0.39 is 0 Å². The monoisotopic (exact) mass is 410 g/mol. The average molecular weight is 411 g/mol. The van der Waals surface area contributed by atoms with Crippen LogP contribution < -0.4 is 9.64 Å². The molecule has 1 saturated heterocycles. The van der Waals surface area contributed by atoms with E-state index in [2.05, 4.69) is 50.9 Å². The fourth-order valence-electron chi connectivity index (χ4n) is 3.28. The van der Waals surface area contributed by atoms with Gasteiger partial charge in [-0.05, 0) is 37.1 Å². The molecule has 1 fully saturated rings. The van der Waals surface area contributed by atoms with E-state index in [-0.39, 0.29) is 0 Å². The van der Waals surface area contributed by atoms with Gasteiger partial charge in [-0.25, -0.2) is 0 Å². The highest BCUT2D eigenvalue weighted by Gasteiger charge is 2.22. The maximum Gasteiger partial charge on any atom is 0.232 e. The molecule has 4 rings (SSSR count). The minimum Gasteiger partial charge on any atom is -0.494 e. The first kappa shape index (κ1) is 19.8. The van der Waals surface area contributed by atoms with Crippen LogP contribution in [0.15, 0.2) is 59.8 Å². The lowest BCUT2D eigenvalue weighted by atomic mass is 10.2. The molecular weight excluding hydrogens is 384 g/mol. The molecule has 1 aliphatic heterocycles. The molecule has 6 nitrogen and oxygen atoms in total. The fraction of sp³-hybridized carbons (Fsp3) is 0.364. The Morgan fingerprint density at radius 3 is 2.55 bits per heavy atom. The van der Waals surface area contributed by atoms with E-state index in [1.807, 2.05) is 30.3 Å². The predicted molar refractivity (Wildman–Crippen MR) is 116 cm³/mol. The maximum atomic E-state index is 5.80. The normalized spacial score (nSPS) is 14.2. The molecule has 1 aromatic heterocycles. The van der Waals surface area contributed by atoms with Crippen LogP contribution in [0.3, 0.4) is 0 Å². The smallest absolute Gasteiger partial charge is 0.232 e. The first-order chi connectivity index (χ1) is 14.3. The van der Waals surface area contributed by atoms with Crippen LogP contribution in [0, 0.1) is 6.92 Å². The zero-order valence-electron chi connectivity index (χ0n) is 16.7. The second-order valence-electron chi connectivity index (χ2n) is 6.87. The number of thioether (sulfide) groups is 1. The van der Waals surface area contributed by atoms with Crippen molar-refractivity contribution >= 4 is 17.7 Å². The third-order valence-corrected chi connectivity index (χ3v) is 5.81. The fourth-order valence-corrected chi connectivity index (χ4v) is 4.13. The molecular formula is C22H26N4O2S. The third kappa shape index (κ3) is 4.92. The minimum absolute atomic E-state index is 0.686. The number of aromatic nitrogens is 3. The molecule has 0 saturated carbocycles. The van der Waals surface area contributed by atoms with Crippen LogP contribution in [0.25, 0.3) is 5.69 Å². The highest BCUT2D eigenvalue weighted by atomic mass is 32.2. The Labute approximate surface area is 175 Å². The Morgan fingerprint density at radius 2 is 1.76 bits per heavy atom. The van der Waals surface area contributed by atoms with Crippen molar-refractivity contribution in [2.75, 3.05) is 43.6 Å². The largest absolute Gasteiger partial charge is 0.494 e. The van der Waals surface area contributed by atoms with E-state index in [0.29, 0.717) is 6.61 Å². The summed E-state index contributed by atoms with van der Waals surface area (Å²) in [6, 6.07) is 18.3. The van der Waals surface area contributed by atoms with Gasteiger partial charge in [0.2, 0.25) is 5.95 Å². The number of nitrogens with zero attached hydrogens (tertiary/aromatic N) is 4. The Hall–Kier alpha value is -2.51. The molecule has 0 spiro atoms. The molecule has 0 atom stereocenters. The van der Waals surface area contributed by atoms with Gasteiger partial charge < -0.3 is 14.4 Å². The lowest BCUT2D eigenvalue weighted by Gasteiger charge is -2.28. The Kier molecular flexibility index (Phi) is 6.69. The van der Waals surface area contributed by atoms with E-state index >= 15 is 0 Å². The summed E-state index contributed by atoms with van der Waals surface area (Å²) in [6.07, 6.45) is 0.938. The van der Waals surface area contributed by atoms with Crippen molar-refractivity contribution < 1.29 is 9.47 Å². The quantitative estimate of drug-likeness (QED) is 0.414. The molecule has 152 valence electrons. The van der Waals surface area contributed by atoms with Gasteiger partial charge in [-0.2, -0.15) is 0 Å². The summed E-state index contributed by atoms with van der Waals surface area (Å²) in [7, 11) is 0. The number of morpholine rings is 1. The van der Waals surface area contributed by atoms with Crippen molar-refractivity contribution in [3.05, 3.63) is 60.2 Å². The number of rotatable bonds is 8. The molecule has 3 aromatic rings. The van der Waals surface area contributed by atoms with E-state index in [4.69, 9.17) is 9.47 Å². The molecule has 0 bridgehead atoms. The molecule has 0 N–H and O–H groups in total. The van der Waals surface area contributed by atoms with Crippen LogP contribution in [-0.4, -0.2) is 53.4 Å². The first-order valence-electron chi connectivity index (χ1n) is 9.98. The van der Waals surface area contributed by atoms with Gasteiger partial charge in [0.15, 0.2) is 5.16 Å². The van der Waals surface area contributed by atoms with Crippen molar-refractivity contribution in [2.45, 2.75) is 18.5 Å². The van der Waals surface area contributed by atoms with Gasteiger partial charge in [-0.15, -0.1) is 10.2 Å². The standard InChI is InChI=1S/C22H26N4O2S/c1-18-8-5-6-11-20(18)26-21(25-12-15-27-16-13-25)23-24-22(26)29-17-7-14-28-19-9-3-2-4-10-19/h2-6,8-11H,7,12-17H2,1H3. The zero-order chi connectivity index (χ0) is 19.9. The van der Waals surface area contributed by atoms with Crippen molar-refractivity contribution in [1.29, 1.82) is 0 Å². The zero-order valence-corrected chi connectivity index (χ0v) is 17.5. The Bertz CT molecular complexity index is 910. The van der Waals surface area contributed by atoms with Crippen LogP contribution in [0.5, 0.6) is 5.75 Å². The lowest BCUT2D eigenvalue weighted by Crippen LogP contribution is -2.38. The van der Waals surface area contributed by atoms with Crippen LogP contribution in [-0.2, 0) is 4.74 Å². The summed E-state index contributed by atoms with van der Waals surface area (Å²) in [5, 5.41) is 9.97. The summed E-state index contributed by atoms with van der Waals surface area (Å²) in [5.74, 6) is 2.72. The molecule has 2 aromatic carbocycles. The average Bonchev–Trinajstić information content (AvgIpc) is 3.19. The van der Waals surface area contributed by atoms with E-state index in [0.717, 1.165) is 61.0 Å². The number of benzene rings is 2. The molecule has 29 heavy (non-hydrogen) atoms. The SMILES string of the molecule is Cc1ccccc1-n1c(SCCCOc2ccccc2)nnc1N1CCOCC1. The van der Waals surface area contributed by atoms with Gasteiger partial charge in [0.05, 0.1) is 25.5 Å². The van der Waals surface area contributed by atoms with E-state index in [1.54, 1.807) is 11.8 Å². The molecule has 0 unspecified atom stereocenters. The predicted octanol–water partition coefficient (Wildman–Crippen LogP) is 3.97. The molecule has 0 radical (unpaired) electrons. The number of hydrogen-bond donors (Lipinski definition) is 0. The molecule has 1 aliphatic rings. The van der Waals surface area contributed by atoms with Gasteiger partial charge in [0.25, 0.3) is 0 Å². The third-order valence-electron chi connectivity index (χ3n) is 4.80. The Balaban J connectivity index is 1.46. The Morgan fingerprint density at radius 1 is 1.00 bits per heavy atom. The molecule has 0 amide bonds. The highest BCUT2D eigenvalue weighted by molar-refractivity contribution is 7.99. The summed E-state index contributed by atoms with van der Waals surface area (Å²) in [6.45, 7) is 5.92. The van der Waals surface area contributed by atoms with Crippen LogP contribution in [0.1, 0.15) is 12.0 Å². The van der Waals surface area contributed by atoms with E-state index in [1.165, 1.54) is 5.56 Å². The van der Waals surface area contributed by atoms with Crippen LogP contribution in [0.4, 0.5) is 5.95 Å². The lowest BCUT2D eigenvalue weighted by molar-refractivity contribution is 0.122. The minimum atomic E-state index is 0.686. The first-order valence-corrected chi connectivity index (χ1v) is 11.0. The van der Waals surface area contributed by atoms with Gasteiger partial charge in [0, 0.05) is 18.8 Å². The van der Waals surface area contributed by atoms with Crippen molar-refractivity contribution in [2.24, 2.45) is 0 Å². The van der Waals surface area contributed by atoms with Gasteiger partial charge in [-0.3, -0.25) is 4.57 Å². The molecule has 0 aliphatic carbocycles. The number of hydrogen-bond acceptors (Lipinski definition) is 6. The van der Waals surface area contributed by atoms with Crippen molar-refractivity contribution in [1.82, 2.24) is 14.8 Å². The second kappa shape index (κ2) is 9.80. The van der Waals surface area contributed by atoms with Crippen LogP contribution >= 0.6 is 11.8 Å². The summed E-state index contributed by atoms with van der Waals surface area (Å²) in [4.78, 5) is 2.26. The summed E-state index contributed by atoms with van der Waals surface area (Å²) in [5.41, 5.74) is 2.33. The van der Waals surface area contributed by atoms with Gasteiger partial charge in [0.1, 0.15) is 5.75 Å². The number of anilines is 1. The molecule has 7 heteroatoms. The van der Waals surface area contributed by atoms with Gasteiger partial charge in [-0.1, -0.05) is 48.2 Å². The topological polar surface area (TPSA) is 52.4 Å².